The molecule has 1 atom stereocenters. The lowest BCUT2D eigenvalue weighted by atomic mass is 10.1. The molecule has 3 rings (SSSR count). The van der Waals surface area contributed by atoms with Gasteiger partial charge in [-0.05, 0) is 18.2 Å². The van der Waals surface area contributed by atoms with E-state index in [0.29, 0.717) is 12.2 Å². The van der Waals surface area contributed by atoms with E-state index in [9.17, 15) is 14.0 Å². The van der Waals surface area contributed by atoms with Gasteiger partial charge in [0.05, 0.1) is 37.2 Å². The quantitative estimate of drug-likeness (QED) is 0.758. The van der Waals surface area contributed by atoms with E-state index < -0.39 is 11.7 Å². The molecule has 1 aromatic rings. The van der Waals surface area contributed by atoms with Crippen molar-refractivity contribution < 1.29 is 23.6 Å². The molecule has 6 nitrogen and oxygen atoms in total. The number of benzene rings is 1. The van der Waals surface area contributed by atoms with E-state index in [4.69, 9.17) is 16.3 Å². The fourth-order valence-corrected chi connectivity index (χ4v) is 3.38. The number of hydrogen-bond donors (Lipinski definition) is 2. The van der Waals surface area contributed by atoms with Crippen LogP contribution in [0.2, 0.25) is 5.02 Å². The molecule has 0 aromatic heterocycles. The summed E-state index contributed by atoms with van der Waals surface area (Å²) in [7, 11) is 0. The summed E-state index contributed by atoms with van der Waals surface area (Å²) < 4.78 is 18.6. The Kier molecular flexibility index (Phi) is 5.88. The maximum atomic E-state index is 13.3. The van der Waals surface area contributed by atoms with Crippen LogP contribution in [0.3, 0.4) is 0 Å². The molecule has 1 unspecified atom stereocenters. The predicted molar refractivity (Wildman–Crippen MR) is 91.3 cm³/mol. The van der Waals surface area contributed by atoms with Crippen LogP contribution in [0, 0.1) is 11.7 Å². The molecule has 0 radical (unpaired) electrons. The van der Waals surface area contributed by atoms with Crippen LogP contribution in [0.25, 0.3) is 0 Å². The van der Waals surface area contributed by atoms with E-state index in [0.717, 1.165) is 32.8 Å². The monoisotopic (exact) mass is 370 g/mol. The molecule has 136 valence electrons. The van der Waals surface area contributed by atoms with Crippen LogP contribution in [0.4, 0.5) is 10.1 Å². The molecule has 2 saturated heterocycles. The van der Waals surface area contributed by atoms with Crippen LogP contribution in [-0.2, 0) is 14.3 Å². The number of hydrogen-bond acceptors (Lipinski definition) is 3. The van der Waals surface area contributed by atoms with Crippen molar-refractivity contribution in [1.29, 1.82) is 0 Å². The highest BCUT2D eigenvalue weighted by Crippen LogP contribution is 2.28. The van der Waals surface area contributed by atoms with E-state index in [1.165, 1.54) is 28.0 Å². The lowest BCUT2D eigenvalue weighted by molar-refractivity contribution is -0.906. The molecule has 2 N–H and O–H groups in total. The fourth-order valence-electron chi connectivity index (χ4n) is 3.20. The SMILES string of the molecule is O=C(NCC[NH+]1CCOCC1)C1CC(=O)N(c2ccc(F)c(Cl)c2)C1. The molecule has 2 heterocycles. The second-order valence-electron chi connectivity index (χ2n) is 6.41. The van der Waals surface area contributed by atoms with Crippen LogP contribution >= 0.6 is 11.6 Å². The lowest BCUT2D eigenvalue weighted by Crippen LogP contribution is -3.14. The third-order valence-electron chi connectivity index (χ3n) is 4.69. The molecule has 2 aliphatic heterocycles. The zero-order chi connectivity index (χ0) is 17.8. The number of nitrogens with one attached hydrogen (secondary N) is 2. The topological polar surface area (TPSA) is 63.1 Å². The lowest BCUT2D eigenvalue weighted by Gasteiger charge is -2.24. The first-order chi connectivity index (χ1) is 12.0. The fraction of sp³-hybridized carbons (Fsp3) is 0.529. The molecule has 0 spiro atoms. The van der Waals surface area contributed by atoms with Gasteiger partial charge >= 0.3 is 0 Å². The Morgan fingerprint density at radius 3 is 2.88 bits per heavy atom. The molecular formula is C17H22ClFN3O3+. The Hall–Kier alpha value is -1.70. The van der Waals surface area contributed by atoms with Gasteiger partial charge in [0, 0.05) is 18.7 Å². The van der Waals surface area contributed by atoms with Gasteiger partial charge in [0.15, 0.2) is 0 Å². The number of amides is 2. The third kappa shape index (κ3) is 4.48. The van der Waals surface area contributed by atoms with E-state index in [2.05, 4.69) is 5.32 Å². The molecule has 0 aliphatic carbocycles. The van der Waals surface area contributed by atoms with Gasteiger partial charge in [-0.15, -0.1) is 0 Å². The first-order valence-corrected chi connectivity index (χ1v) is 8.87. The first-order valence-electron chi connectivity index (χ1n) is 8.49. The van der Waals surface area contributed by atoms with Gasteiger partial charge < -0.3 is 19.9 Å². The number of ether oxygens (including phenoxy) is 1. The van der Waals surface area contributed by atoms with Crippen LogP contribution in [0.15, 0.2) is 18.2 Å². The Bertz CT molecular complexity index is 652. The van der Waals surface area contributed by atoms with Gasteiger partial charge in [0.1, 0.15) is 18.9 Å². The minimum atomic E-state index is -0.531. The summed E-state index contributed by atoms with van der Waals surface area (Å²) >= 11 is 5.78. The van der Waals surface area contributed by atoms with Crippen molar-refractivity contribution in [3.05, 3.63) is 29.0 Å². The molecular weight excluding hydrogens is 349 g/mol. The minimum Gasteiger partial charge on any atom is -0.370 e. The number of carbonyl (C=O) groups excluding carboxylic acids is 2. The Morgan fingerprint density at radius 2 is 2.16 bits per heavy atom. The van der Waals surface area contributed by atoms with Crippen molar-refractivity contribution in [1.82, 2.24) is 5.32 Å². The molecule has 25 heavy (non-hydrogen) atoms. The second kappa shape index (κ2) is 8.12. The number of rotatable bonds is 5. The van der Waals surface area contributed by atoms with Crippen molar-refractivity contribution >= 4 is 29.1 Å². The summed E-state index contributed by atoms with van der Waals surface area (Å²) in [5, 5.41) is 2.88. The highest BCUT2D eigenvalue weighted by atomic mass is 35.5. The molecule has 0 saturated carbocycles. The van der Waals surface area contributed by atoms with Crippen molar-refractivity contribution in [3.63, 3.8) is 0 Å². The smallest absolute Gasteiger partial charge is 0.227 e. The molecule has 2 amide bonds. The molecule has 2 aliphatic rings. The summed E-state index contributed by atoms with van der Waals surface area (Å²) in [6, 6.07) is 4.14. The van der Waals surface area contributed by atoms with Gasteiger partial charge in [0.25, 0.3) is 0 Å². The number of anilines is 1. The summed E-state index contributed by atoms with van der Waals surface area (Å²) in [5.41, 5.74) is 0.518. The van der Waals surface area contributed by atoms with Gasteiger partial charge in [-0.25, -0.2) is 4.39 Å². The number of halogens is 2. The minimum absolute atomic E-state index is 0.0355. The largest absolute Gasteiger partial charge is 0.370 e. The average molecular weight is 371 g/mol. The summed E-state index contributed by atoms with van der Waals surface area (Å²) in [4.78, 5) is 27.4. The van der Waals surface area contributed by atoms with Crippen LogP contribution in [0.5, 0.6) is 0 Å². The normalized spacial score (nSPS) is 21.6. The number of quaternary nitrogens is 1. The molecule has 1 aromatic carbocycles. The second-order valence-corrected chi connectivity index (χ2v) is 6.81. The van der Waals surface area contributed by atoms with Crippen LogP contribution in [-0.4, -0.2) is 57.8 Å². The summed E-state index contributed by atoms with van der Waals surface area (Å²) in [6.07, 6.45) is 0.158. The van der Waals surface area contributed by atoms with Gasteiger partial charge in [-0.2, -0.15) is 0 Å². The Balaban J connectivity index is 1.50. The third-order valence-corrected chi connectivity index (χ3v) is 4.98. The van der Waals surface area contributed by atoms with E-state index in [1.807, 2.05) is 0 Å². The van der Waals surface area contributed by atoms with E-state index in [1.54, 1.807) is 0 Å². The van der Waals surface area contributed by atoms with Crippen molar-refractivity contribution in [2.45, 2.75) is 6.42 Å². The van der Waals surface area contributed by atoms with E-state index in [-0.39, 0.29) is 29.8 Å². The highest BCUT2D eigenvalue weighted by molar-refractivity contribution is 6.31. The average Bonchev–Trinajstić information content (AvgIpc) is 3.00. The van der Waals surface area contributed by atoms with E-state index >= 15 is 0 Å². The van der Waals surface area contributed by atoms with Crippen molar-refractivity contribution in [2.24, 2.45) is 5.92 Å². The van der Waals surface area contributed by atoms with Crippen LogP contribution in [0.1, 0.15) is 6.42 Å². The zero-order valence-corrected chi connectivity index (χ0v) is 14.7. The van der Waals surface area contributed by atoms with Crippen LogP contribution < -0.4 is 15.1 Å². The number of carbonyl (C=O) groups is 2. The summed E-state index contributed by atoms with van der Waals surface area (Å²) in [5.74, 6) is -1.19. The number of nitrogens with zero attached hydrogens (tertiary/aromatic N) is 1. The van der Waals surface area contributed by atoms with Gasteiger partial charge in [-0.1, -0.05) is 11.6 Å². The number of morpholine rings is 1. The molecule has 2 fully saturated rings. The maximum absolute atomic E-state index is 13.3. The molecule has 8 heteroatoms. The first kappa shape index (κ1) is 18.1. The highest BCUT2D eigenvalue weighted by Gasteiger charge is 2.35. The summed E-state index contributed by atoms with van der Waals surface area (Å²) in [6.45, 7) is 5.16. The van der Waals surface area contributed by atoms with Gasteiger partial charge in [-0.3, -0.25) is 9.59 Å². The Labute approximate surface area is 150 Å². The van der Waals surface area contributed by atoms with Gasteiger partial charge in [0.2, 0.25) is 11.8 Å². The zero-order valence-electron chi connectivity index (χ0n) is 13.9. The standard InChI is InChI=1S/C17H21ClFN3O3/c18-14-10-13(1-2-15(14)19)22-11-12(9-16(22)23)17(24)20-3-4-21-5-7-25-8-6-21/h1-2,10,12H,3-9,11H2,(H,20,24)/p+1. The Morgan fingerprint density at radius 1 is 1.40 bits per heavy atom. The van der Waals surface area contributed by atoms with Crippen molar-refractivity contribution in [3.8, 4) is 0 Å². The van der Waals surface area contributed by atoms with Crippen molar-refractivity contribution in [2.75, 3.05) is 50.8 Å². The predicted octanol–water partition coefficient (Wildman–Crippen LogP) is -0.137. The molecule has 0 bridgehead atoms. The maximum Gasteiger partial charge on any atom is 0.227 e.